The van der Waals surface area contributed by atoms with Gasteiger partial charge in [0.05, 0.1) is 5.56 Å². The Bertz CT molecular complexity index is 415. The van der Waals surface area contributed by atoms with Gasteiger partial charge in [-0.3, -0.25) is 4.79 Å². The summed E-state index contributed by atoms with van der Waals surface area (Å²) < 4.78 is 37.4. The van der Waals surface area contributed by atoms with Gasteiger partial charge in [0, 0.05) is 12.5 Å². The van der Waals surface area contributed by atoms with Gasteiger partial charge >= 0.3 is 6.18 Å². The molecule has 0 aliphatic heterocycles. The van der Waals surface area contributed by atoms with Crippen LogP contribution >= 0.6 is 0 Å². The maximum Gasteiger partial charge on any atom is 0.416 e. The van der Waals surface area contributed by atoms with E-state index in [9.17, 15) is 18.0 Å². The third-order valence-corrected chi connectivity index (χ3v) is 2.78. The van der Waals surface area contributed by atoms with Crippen molar-refractivity contribution < 1.29 is 18.0 Å². The van der Waals surface area contributed by atoms with Gasteiger partial charge in [-0.1, -0.05) is 26.0 Å². The zero-order chi connectivity index (χ0) is 13.8. The molecule has 0 saturated heterocycles. The first-order chi connectivity index (χ1) is 8.34. The minimum absolute atomic E-state index is 0.118. The van der Waals surface area contributed by atoms with Crippen LogP contribution in [0.3, 0.4) is 0 Å². The molecule has 100 valence electrons. The molecule has 1 aromatic rings. The monoisotopic (exact) mass is 259 g/mol. The molecule has 2 nitrogen and oxygen atoms in total. The Balaban J connectivity index is 2.66. The van der Waals surface area contributed by atoms with E-state index < -0.39 is 11.7 Å². The summed E-state index contributed by atoms with van der Waals surface area (Å²) in [5.74, 6) is -0.272. The number of hydrogen-bond donors (Lipinski definition) is 1. The van der Waals surface area contributed by atoms with Gasteiger partial charge in [0.15, 0.2) is 0 Å². The van der Waals surface area contributed by atoms with Crippen molar-refractivity contribution >= 4 is 5.91 Å². The molecule has 1 amide bonds. The van der Waals surface area contributed by atoms with Crippen LogP contribution in [0.2, 0.25) is 0 Å². The van der Waals surface area contributed by atoms with Crippen molar-refractivity contribution in [3.8, 4) is 0 Å². The molecule has 1 aromatic carbocycles. The Hall–Kier alpha value is -1.52. The van der Waals surface area contributed by atoms with Crippen LogP contribution in [-0.4, -0.2) is 5.91 Å². The van der Waals surface area contributed by atoms with Crippen molar-refractivity contribution in [3.05, 3.63) is 35.4 Å². The number of halogens is 3. The molecule has 0 saturated carbocycles. The SMILES string of the molecule is CCC(C)C(=O)NCc1cccc(C(F)(F)F)c1. The first-order valence-corrected chi connectivity index (χ1v) is 5.78. The molecule has 0 heterocycles. The molecule has 1 unspecified atom stereocenters. The largest absolute Gasteiger partial charge is 0.416 e. The minimum Gasteiger partial charge on any atom is -0.352 e. The molecule has 1 rings (SSSR count). The van der Waals surface area contributed by atoms with Crippen LogP contribution in [0.15, 0.2) is 24.3 Å². The van der Waals surface area contributed by atoms with Crippen molar-refractivity contribution in [2.24, 2.45) is 5.92 Å². The van der Waals surface area contributed by atoms with Gasteiger partial charge in [0.2, 0.25) is 5.91 Å². The first-order valence-electron chi connectivity index (χ1n) is 5.78. The van der Waals surface area contributed by atoms with E-state index in [0.29, 0.717) is 12.0 Å². The highest BCUT2D eigenvalue weighted by Crippen LogP contribution is 2.29. The number of nitrogens with one attached hydrogen (secondary N) is 1. The van der Waals surface area contributed by atoms with Crippen molar-refractivity contribution in [1.29, 1.82) is 0 Å². The number of carbonyl (C=O) groups excluding carboxylic acids is 1. The summed E-state index contributed by atoms with van der Waals surface area (Å²) in [7, 11) is 0. The summed E-state index contributed by atoms with van der Waals surface area (Å²) in [6, 6.07) is 4.97. The molecule has 1 N–H and O–H groups in total. The highest BCUT2D eigenvalue weighted by Gasteiger charge is 2.30. The molecule has 0 radical (unpaired) electrons. The van der Waals surface area contributed by atoms with Crippen molar-refractivity contribution in [2.45, 2.75) is 33.0 Å². The summed E-state index contributed by atoms with van der Waals surface area (Å²) in [5, 5.41) is 2.62. The maximum absolute atomic E-state index is 12.5. The first kappa shape index (κ1) is 14.5. The quantitative estimate of drug-likeness (QED) is 0.882. The Morgan fingerprint density at radius 2 is 2.06 bits per heavy atom. The minimum atomic E-state index is -4.35. The fourth-order valence-electron chi connectivity index (χ4n) is 1.41. The van der Waals surface area contributed by atoms with Crippen LogP contribution in [0.4, 0.5) is 13.2 Å². The number of alkyl halides is 3. The van der Waals surface area contributed by atoms with E-state index in [1.807, 2.05) is 6.92 Å². The molecule has 0 aliphatic carbocycles. The number of rotatable bonds is 4. The second-order valence-electron chi connectivity index (χ2n) is 4.23. The van der Waals surface area contributed by atoms with Gasteiger partial charge in [-0.05, 0) is 24.1 Å². The molecule has 0 aliphatic rings. The fraction of sp³-hybridized carbons (Fsp3) is 0.462. The van der Waals surface area contributed by atoms with E-state index in [4.69, 9.17) is 0 Å². The van der Waals surface area contributed by atoms with Crippen LogP contribution in [0.1, 0.15) is 31.4 Å². The fourth-order valence-corrected chi connectivity index (χ4v) is 1.41. The zero-order valence-corrected chi connectivity index (χ0v) is 10.3. The molecule has 0 fully saturated rings. The average molecular weight is 259 g/mol. The third-order valence-electron chi connectivity index (χ3n) is 2.78. The van der Waals surface area contributed by atoms with E-state index in [2.05, 4.69) is 5.32 Å². The van der Waals surface area contributed by atoms with E-state index in [1.165, 1.54) is 6.07 Å². The lowest BCUT2D eigenvalue weighted by molar-refractivity contribution is -0.137. The molecule has 1 atom stereocenters. The zero-order valence-electron chi connectivity index (χ0n) is 10.3. The van der Waals surface area contributed by atoms with Crippen LogP contribution in [0.5, 0.6) is 0 Å². The standard InChI is InChI=1S/C13H16F3NO/c1-3-9(2)12(18)17-8-10-5-4-6-11(7-10)13(14,15)16/h4-7,9H,3,8H2,1-2H3,(H,17,18). The molecule has 5 heteroatoms. The second kappa shape index (κ2) is 5.89. The van der Waals surface area contributed by atoms with Gasteiger partial charge in [0.1, 0.15) is 0 Å². The number of hydrogen-bond acceptors (Lipinski definition) is 1. The highest BCUT2D eigenvalue weighted by molar-refractivity contribution is 5.78. The van der Waals surface area contributed by atoms with Crippen LogP contribution in [0.25, 0.3) is 0 Å². The number of amides is 1. The topological polar surface area (TPSA) is 29.1 Å². The summed E-state index contributed by atoms with van der Waals surface area (Å²) in [6.07, 6.45) is -3.65. The summed E-state index contributed by atoms with van der Waals surface area (Å²) in [4.78, 5) is 11.5. The maximum atomic E-state index is 12.5. The van der Waals surface area contributed by atoms with Crippen molar-refractivity contribution in [3.63, 3.8) is 0 Å². The molecule has 18 heavy (non-hydrogen) atoms. The smallest absolute Gasteiger partial charge is 0.352 e. The molecular weight excluding hydrogens is 243 g/mol. The highest BCUT2D eigenvalue weighted by atomic mass is 19.4. The van der Waals surface area contributed by atoms with Crippen LogP contribution in [0, 0.1) is 5.92 Å². The van der Waals surface area contributed by atoms with E-state index in [0.717, 1.165) is 12.1 Å². The summed E-state index contributed by atoms with van der Waals surface area (Å²) in [5.41, 5.74) is -0.251. The Kier molecular flexibility index (Phi) is 4.76. The average Bonchev–Trinajstić information content (AvgIpc) is 2.34. The van der Waals surface area contributed by atoms with Gasteiger partial charge in [-0.15, -0.1) is 0 Å². The predicted octanol–water partition coefficient (Wildman–Crippen LogP) is 3.37. The third kappa shape index (κ3) is 4.05. The lowest BCUT2D eigenvalue weighted by atomic mass is 10.1. The number of benzene rings is 1. The van der Waals surface area contributed by atoms with E-state index in [-0.39, 0.29) is 18.4 Å². The van der Waals surface area contributed by atoms with Gasteiger partial charge < -0.3 is 5.32 Å². The molecule has 0 bridgehead atoms. The van der Waals surface area contributed by atoms with E-state index in [1.54, 1.807) is 13.0 Å². The number of carbonyl (C=O) groups is 1. The molecular formula is C13H16F3NO. The second-order valence-corrected chi connectivity index (χ2v) is 4.23. The Morgan fingerprint density at radius 3 is 2.61 bits per heavy atom. The Morgan fingerprint density at radius 1 is 1.39 bits per heavy atom. The molecule has 0 spiro atoms. The van der Waals surface area contributed by atoms with E-state index >= 15 is 0 Å². The normalized spacial score (nSPS) is 13.2. The van der Waals surface area contributed by atoms with Gasteiger partial charge in [0.25, 0.3) is 0 Å². The van der Waals surface area contributed by atoms with Crippen LogP contribution in [-0.2, 0) is 17.5 Å². The van der Waals surface area contributed by atoms with Crippen LogP contribution < -0.4 is 5.32 Å². The summed E-state index contributed by atoms with van der Waals surface area (Å²) in [6.45, 7) is 3.78. The molecule has 0 aromatic heterocycles. The summed E-state index contributed by atoms with van der Waals surface area (Å²) >= 11 is 0. The lowest BCUT2D eigenvalue weighted by Gasteiger charge is -2.11. The predicted molar refractivity (Wildman–Crippen MR) is 62.7 cm³/mol. The van der Waals surface area contributed by atoms with Crippen molar-refractivity contribution in [2.75, 3.05) is 0 Å². The van der Waals surface area contributed by atoms with Crippen molar-refractivity contribution in [1.82, 2.24) is 5.32 Å². The van der Waals surface area contributed by atoms with Gasteiger partial charge in [-0.2, -0.15) is 13.2 Å². The lowest BCUT2D eigenvalue weighted by Crippen LogP contribution is -2.28. The Labute approximate surface area is 104 Å². The van der Waals surface area contributed by atoms with Gasteiger partial charge in [-0.25, -0.2) is 0 Å².